The first-order chi connectivity index (χ1) is 13.2. The van der Waals surface area contributed by atoms with E-state index in [9.17, 15) is 0 Å². The molecule has 3 aromatic rings. The summed E-state index contributed by atoms with van der Waals surface area (Å²) in [5.41, 5.74) is 4.52. The highest BCUT2D eigenvalue weighted by atomic mass is 15.1. The second kappa shape index (κ2) is 9.03. The molecule has 0 fully saturated rings. The lowest BCUT2D eigenvalue weighted by Crippen LogP contribution is -2.21. The third-order valence-electron chi connectivity index (χ3n) is 4.54. The normalized spacial score (nSPS) is 10.5. The average Bonchev–Trinajstić information content (AvgIpc) is 2.71. The van der Waals surface area contributed by atoms with E-state index >= 15 is 0 Å². The lowest BCUT2D eigenvalue weighted by atomic mass is 10.1. The van der Waals surface area contributed by atoms with E-state index in [-0.39, 0.29) is 0 Å². The second-order valence-corrected chi connectivity index (χ2v) is 6.29. The van der Waals surface area contributed by atoms with Crippen LogP contribution in [0.5, 0.6) is 0 Å². The number of anilines is 5. The average molecular weight is 361 g/mol. The van der Waals surface area contributed by atoms with Crippen LogP contribution in [0, 0.1) is 0 Å². The first-order valence-corrected chi connectivity index (χ1v) is 9.52. The van der Waals surface area contributed by atoms with Crippen LogP contribution in [-0.4, -0.2) is 23.1 Å². The summed E-state index contributed by atoms with van der Waals surface area (Å²) in [7, 11) is 0. The van der Waals surface area contributed by atoms with Crippen LogP contribution >= 0.6 is 0 Å². The van der Waals surface area contributed by atoms with Crippen molar-refractivity contribution in [3.63, 3.8) is 0 Å². The Hall–Kier alpha value is -3.08. The summed E-state index contributed by atoms with van der Waals surface area (Å²) in [5.74, 6) is 1.33. The number of benzene rings is 2. The van der Waals surface area contributed by atoms with Crippen LogP contribution in [0.4, 0.5) is 28.8 Å². The van der Waals surface area contributed by atoms with Gasteiger partial charge in [-0.2, -0.15) is 4.98 Å². The van der Waals surface area contributed by atoms with Gasteiger partial charge in [0.1, 0.15) is 5.82 Å². The fraction of sp³-hybridized carbons (Fsp3) is 0.273. The van der Waals surface area contributed by atoms with Crippen LogP contribution in [0.1, 0.15) is 26.3 Å². The second-order valence-electron chi connectivity index (χ2n) is 6.29. The van der Waals surface area contributed by atoms with Crippen LogP contribution < -0.4 is 15.5 Å². The Labute approximate surface area is 161 Å². The molecule has 0 atom stereocenters. The molecule has 140 valence electrons. The van der Waals surface area contributed by atoms with E-state index in [1.165, 1.54) is 11.3 Å². The highest BCUT2D eigenvalue weighted by Gasteiger charge is 2.04. The molecule has 0 aliphatic rings. The van der Waals surface area contributed by atoms with E-state index in [2.05, 4.69) is 82.7 Å². The Kier molecular flexibility index (Phi) is 6.26. The molecular weight excluding hydrogens is 334 g/mol. The van der Waals surface area contributed by atoms with Gasteiger partial charge in [0.15, 0.2) is 0 Å². The van der Waals surface area contributed by atoms with E-state index in [0.29, 0.717) is 5.95 Å². The maximum atomic E-state index is 4.55. The van der Waals surface area contributed by atoms with Gasteiger partial charge in [-0.1, -0.05) is 19.1 Å². The van der Waals surface area contributed by atoms with Gasteiger partial charge >= 0.3 is 0 Å². The summed E-state index contributed by atoms with van der Waals surface area (Å²) in [6.07, 6.45) is 2.78. The molecule has 5 heteroatoms. The lowest BCUT2D eigenvalue weighted by Gasteiger charge is -2.21. The monoisotopic (exact) mass is 361 g/mol. The number of aromatic nitrogens is 2. The zero-order chi connectivity index (χ0) is 19.1. The molecule has 27 heavy (non-hydrogen) atoms. The van der Waals surface area contributed by atoms with E-state index in [1.807, 2.05) is 18.2 Å². The van der Waals surface area contributed by atoms with E-state index in [0.717, 1.165) is 36.7 Å². The molecule has 2 N–H and O–H groups in total. The van der Waals surface area contributed by atoms with Gasteiger partial charge in [-0.25, -0.2) is 4.98 Å². The fourth-order valence-corrected chi connectivity index (χ4v) is 2.93. The smallest absolute Gasteiger partial charge is 0.229 e. The zero-order valence-electron chi connectivity index (χ0n) is 16.2. The van der Waals surface area contributed by atoms with Gasteiger partial charge in [0.25, 0.3) is 0 Å². The number of hydrogen-bond acceptors (Lipinski definition) is 5. The molecule has 0 bridgehead atoms. The molecule has 0 saturated heterocycles. The summed E-state index contributed by atoms with van der Waals surface area (Å²) in [6, 6.07) is 18.6. The van der Waals surface area contributed by atoms with Gasteiger partial charge in [-0.05, 0) is 68.3 Å². The van der Waals surface area contributed by atoms with Gasteiger partial charge < -0.3 is 15.5 Å². The molecule has 0 aliphatic heterocycles. The minimum absolute atomic E-state index is 0.573. The minimum Gasteiger partial charge on any atom is -0.372 e. The predicted octanol–water partition coefficient (Wildman–Crippen LogP) is 5.37. The van der Waals surface area contributed by atoms with Crippen LogP contribution in [0.3, 0.4) is 0 Å². The van der Waals surface area contributed by atoms with Crippen LogP contribution in [0.2, 0.25) is 0 Å². The molecule has 1 heterocycles. The lowest BCUT2D eigenvalue weighted by molar-refractivity contribution is 0.866. The van der Waals surface area contributed by atoms with Crippen LogP contribution in [0.15, 0.2) is 60.8 Å². The van der Waals surface area contributed by atoms with Crippen molar-refractivity contribution in [3.8, 4) is 0 Å². The summed E-state index contributed by atoms with van der Waals surface area (Å²) < 4.78 is 0. The SMILES string of the molecule is CCc1ccc(Nc2nccc(Nc3ccc(N(CC)CC)cc3)n2)cc1. The Morgan fingerprint density at radius 2 is 1.41 bits per heavy atom. The van der Waals surface area contributed by atoms with Gasteiger partial charge in [0, 0.05) is 36.3 Å². The number of rotatable bonds is 8. The summed E-state index contributed by atoms with van der Waals surface area (Å²) in [6.45, 7) is 8.49. The summed E-state index contributed by atoms with van der Waals surface area (Å²) in [4.78, 5) is 11.2. The maximum absolute atomic E-state index is 4.55. The van der Waals surface area contributed by atoms with Gasteiger partial charge in [0.2, 0.25) is 5.95 Å². The van der Waals surface area contributed by atoms with Crippen molar-refractivity contribution in [2.75, 3.05) is 28.6 Å². The highest BCUT2D eigenvalue weighted by molar-refractivity contribution is 5.62. The molecule has 1 aromatic heterocycles. The van der Waals surface area contributed by atoms with Crippen molar-refractivity contribution in [1.82, 2.24) is 9.97 Å². The van der Waals surface area contributed by atoms with Gasteiger partial charge in [-0.15, -0.1) is 0 Å². The predicted molar refractivity (Wildman–Crippen MR) is 114 cm³/mol. The number of aryl methyl sites for hydroxylation is 1. The number of nitrogens with zero attached hydrogens (tertiary/aromatic N) is 3. The topological polar surface area (TPSA) is 53.1 Å². The first-order valence-electron chi connectivity index (χ1n) is 9.52. The Morgan fingerprint density at radius 3 is 2.04 bits per heavy atom. The van der Waals surface area contributed by atoms with Crippen molar-refractivity contribution in [2.45, 2.75) is 27.2 Å². The van der Waals surface area contributed by atoms with Crippen molar-refractivity contribution in [3.05, 3.63) is 66.4 Å². The molecule has 0 aliphatic carbocycles. The fourth-order valence-electron chi connectivity index (χ4n) is 2.93. The standard InChI is InChI=1S/C22H27N5/c1-4-17-7-9-19(10-8-17)25-22-23-16-15-21(26-22)24-18-11-13-20(14-12-18)27(5-2)6-3/h7-16H,4-6H2,1-3H3,(H2,23,24,25,26). The molecule has 5 nitrogen and oxygen atoms in total. The highest BCUT2D eigenvalue weighted by Crippen LogP contribution is 2.21. The van der Waals surface area contributed by atoms with Crippen LogP contribution in [0.25, 0.3) is 0 Å². The maximum Gasteiger partial charge on any atom is 0.229 e. The third kappa shape index (κ3) is 4.97. The van der Waals surface area contributed by atoms with Gasteiger partial charge in [0.05, 0.1) is 0 Å². The number of nitrogens with one attached hydrogen (secondary N) is 2. The largest absolute Gasteiger partial charge is 0.372 e. The van der Waals surface area contributed by atoms with E-state index in [4.69, 9.17) is 0 Å². The van der Waals surface area contributed by atoms with Crippen molar-refractivity contribution in [1.29, 1.82) is 0 Å². The van der Waals surface area contributed by atoms with Crippen LogP contribution in [-0.2, 0) is 6.42 Å². The van der Waals surface area contributed by atoms with Crippen molar-refractivity contribution < 1.29 is 0 Å². The Morgan fingerprint density at radius 1 is 0.778 bits per heavy atom. The molecule has 2 aromatic carbocycles. The van der Waals surface area contributed by atoms with Crippen molar-refractivity contribution >= 4 is 28.8 Å². The molecule has 0 saturated carbocycles. The Balaban J connectivity index is 1.68. The van der Waals surface area contributed by atoms with E-state index < -0.39 is 0 Å². The summed E-state index contributed by atoms with van der Waals surface area (Å²) in [5, 5.41) is 6.59. The molecular formula is C22H27N5. The number of hydrogen-bond donors (Lipinski definition) is 2. The zero-order valence-corrected chi connectivity index (χ0v) is 16.2. The molecule has 0 radical (unpaired) electrons. The molecule has 0 unspecified atom stereocenters. The first kappa shape index (κ1) is 18.7. The quantitative estimate of drug-likeness (QED) is 0.565. The summed E-state index contributed by atoms with van der Waals surface area (Å²) >= 11 is 0. The molecule has 0 amide bonds. The Bertz CT molecular complexity index is 839. The molecule has 0 spiro atoms. The van der Waals surface area contributed by atoms with Crippen molar-refractivity contribution in [2.24, 2.45) is 0 Å². The van der Waals surface area contributed by atoms with Gasteiger partial charge in [-0.3, -0.25) is 0 Å². The third-order valence-corrected chi connectivity index (χ3v) is 4.54. The van der Waals surface area contributed by atoms with E-state index in [1.54, 1.807) is 6.20 Å². The minimum atomic E-state index is 0.573. The molecule has 3 rings (SSSR count).